The average molecular weight is 161 g/mol. The molecule has 0 saturated carbocycles. The molecule has 0 bridgehead atoms. The third kappa shape index (κ3) is 4.26. The molecule has 0 atom stereocenters. The summed E-state index contributed by atoms with van der Waals surface area (Å²) in [5.41, 5.74) is 0. The van der Waals surface area contributed by atoms with Gasteiger partial charge in [-0.25, -0.2) is 4.79 Å². The molecule has 58 valence electrons. The van der Waals surface area contributed by atoms with Gasteiger partial charge in [0.2, 0.25) is 0 Å². The molecule has 4 heteroatoms. The Morgan fingerprint density at radius 2 is 2.30 bits per heavy atom. The second kappa shape index (κ2) is 5.17. The normalized spacial score (nSPS) is 10.9. The van der Waals surface area contributed by atoms with E-state index >= 15 is 0 Å². The van der Waals surface area contributed by atoms with Crippen LogP contribution in [0.4, 0.5) is 4.79 Å². The molecule has 0 aliphatic rings. The van der Waals surface area contributed by atoms with Crippen molar-refractivity contribution in [3.05, 3.63) is 11.2 Å². The van der Waals surface area contributed by atoms with Crippen LogP contribution in [-0.4, -0.2) is 19.4 Å². The van der Waals surface area contributed by atoms with Crippen LogP contribution in [-0.2, 0) is 4.74 Å². The number of alkyl carbamates (subject to hydrolysis) is 1. The summed E-state index contributed by atoms with van der Waals surface area (Å²) in [7, 11) is 1.52. The first-order valence-electron chi connectivity index (χ1n) is 2.79. The lowest BCUT2D eigenvalue weighted by molar-refractivity contribution is 0.187. The Bertz CT molecular complexity index is 145. The number of carbonyl (C=O) groups is 1. The fraction of sp³-hybridized carbons (Fsp3) is 0.500. The van der Waals surface area contributed by atoms with E-state index in [0.717, 1.165) is 4.91 Å². The molecule has 0 saturated heterocycles. The van der Waals surface area contributed by atoms with Gasteiger partial charge in [-0.1, -0.05) is 0 Å². The molecule has 1 amide bonds. The van der Waals surface area contributed by atoms with Crippen molar-refractivity contribution in [3.63, 3.8) is 0 Å². The molecule has 0 rings (SSSR count). The predicted molar refractivity (Wildman–Crippen MR) is 42.8 cm³/mol. The molecule has 0 aromatic heterocycles. The molecule has 0 aliphatic carbocycles. The molecule has 0 aromatic rings. The molecule has 0 spiro atoms. The number of allylic oxidation sites excluding steroid dienone is 1. The van der Waals surface area contributed by atoms with E-state index in [1.54, 1.807) is 0 Å². The SMILES string of the molecule is CNC(=O)O/C=C(\C)SC. The van der Waals surface area contributed by atoms with Gasteiger partial charge in [-0.3, -0.25) is 0 Å². The van der Waals surface area contributed by atoms with E-state index in [1.807, 2.05) is 13.2 Å². The van der Waals surface area contributed by atoms with Crippen LogP contribution in [0.1, 0.15) is 6.92 Å². The van der Waals surface area contributed by atoms with Gasteiger partial charge in [0.05, 0.1) is 0 Å². The number of rotatable bonds is 2. The van der Waals surface area contributed by atoms with Crippen molar-refractivity contribution < 1.29 is 9.53 Å². The minimum atomic E-state index is -0.437. The van der Waals surface area contributed by atoms with Crippen LogP contribution in [0.25, 0.3) is 0 Å². The summed E-state index contributed by atoms with van der Waals surface area (Å²) in [6.07, 6.45) is 2.90. The summed E-state index contributed by atoms with van der Waals surface area (Å²) in [6, 6.07) is 0. The van der Waals surface area contributed by atoms with Crippen LogP contribution in [0.5, 0.6) is 0 Å². The van der Waals surface area contributed by atoms with Crippen LogP contribution < -0.4 is 5.32 Å². The van der Waals surface area contributed by atoms with Gasteiger partial charge < -0.3 is 10.1 Å². The quantitative estimate of drug-likeness (QED) is 0.625. The lowest BCUT2D eigenvalue weighted by Gasteiger charge is -1.97. The highest BCUT2D eigenvalue weighted by atomic mass is 32.2. The van der Waals surface area contributed by atoms with Gasteiger partial charge in [0, 0.05) is 12.0 Å². The Morgan fingerprint density at radius 3 is 2.70 bits per heavy atom. The Balaban J connectivity index is 3.61. The average Bonchev–Trinajstić information content (AvgIpc) is 1.99. The molecular weight excluding hydrogens is 150 g/mol. The zero-order valence-corrected chi connectivity index (χ0v) is 7.12. The lowest BCUT2D eigenvalue weighted by Crippen LogP contribution is -2.16. The lowest BCUT2D eigenvalue weighted by atomic mass is 10.7. The van der Waals surface area contributed by atoms with Gasteiger partial charge in [0.15, 0.2) is 0 Å². The van der Waals surface area contributed by atoms with E-state index in [-0.39, 0.29) is 0 Å². The largest absolute Gasteiger partial charge is 0.417 e. The van der Waals surface area contributed by atoms with Crippen molar-refractivity contribution >= 4 is 17.9 Å². The maximum Gasteiger partial charge on any atom is 0.411 e. The maximum atomic E-state index is 10.4. The summed E-state index contributed by atoms with van der Waals surface area (Å²) in [5, 5.41) is 2.33. The monoisotopic (exact) mass is 161 g/mol. The molecule has 0 aromatic carbocycles. The van der Waals surface area contributed by atoms with Gasteiger partial charge in [-0.2, -0.15) is 0 Å². The number of amides is 1. The number of ether oxygens (including phenoxy) is 1. The maximum absolute atomic E-state index is 10.4. The van der Waals surface area contributed by atoms with Crippen molar-refractivity contribution in [1.29, 1.82) is 0 Å². The first-order chi connectivity index (χ1) is 4.70. The van der Waals surface area contributed by atoms with Crippen LogP contribution in [0.2, 0.25) is 0 Å². The van der Waals surface area contributed by atoms with E-state index < -0.39 is 6.09 Å². The molecule has 0 unspecified atom stereocenters. The van der Waals surface area contributed by atoms with E-state index in [9.17, 15) is 4.79 Å². The third-order valence-corrected chi connectivity index (χ3v) is 1.60. The predicted octanol–water partition coefficient (Wildman–Crippen LogP) is 1.57. The van der Waals surface area contributed by atoms with E-state index in [1.165, 1.54) is 25.1 Å². The summed E-state index contributed by atoms with van der Waals surface area (Å²) >= 11 is 1.53. The van der Waals surface area contributed by atoms with Gasteiger partial charge in [0.25, 0.3) is 0 Å². The Kier molecular flexibility index (Phi) is 4.84. The Morgan fingerprint density at radius 1 is 1.70 bits per heavy atom. The summed E-state index contributed by atoms with van der Waals surface area (Å²) in [4.78, 5) is 11.4. The fourth-order valence-electron chi connectivity index (χ4n) is 0.244. The zero-order valence-electron chi connectivity index (χ0n) is 6.30. The molecule has 0 fully saturated rings. The van der Waals surface area contributed by atoms with Crippen molar-refractivity contribution in [1.82, 2.24) is 5.32 Å². The molecular formula is C6H11NO2S. The minimum absolute atomic E-state index is 0.437. The van der Waals surface area contributed by atoms with E-state index in [4.69, 9.17) is 0 Å². The first-order valence-corrected chi connectivity index (χ1v) is 4.02. The minimum Gasteiger partial charge on any atom is -0.417 e. The fourth-order valence-corrected chi connectivity index (χ4v) is 0.388. The molecule has 1 N–H and O–H groups in total. The highest BCUT2D eigenvalue weighted by molar-refractivity contribution is 8.02. The molecule has 0 heterocycles. The van der Waals surface area contributed by atoms with E-state index in [2.05, 4.69) is 10.1 Å². The Labute approximate surface area is 64.8 Å². The van der Waals surface area contributed by atoms with Gasteiger partial charge in [-0.05, 0) is 13.2 Å². The topological polar surface area (TPSA) is 38.3 Å². The highest BCUT2D eigenvalue weighted by Crippen LogP contribution is 2.08. The van der Waals surface area contributed by atoms with Crippen LogP contribution >= 0.6 is 11.8 Å². The van der Waals surface area contributed by atoms with Gasteiger partial charge in [-0.15, -0.1) is 11.8 Å². The van der Waals surface area contributed by atoms with Gasteiger partial charge in [0.1, 0.15) is 6.26 Å². The second-order valence-electron chi connectivity index (χ2n) is 1.59. The number of hydrogen-bond acceptors (Lipinski definition) is 3. The van der Waals surface area contributed by atoms with Crippen molar-refractivity contribution in [2.45, 2.75) is 6.92 Å². The highest BCUT2D eigenvalue weighted by Gasteiger charge is 1.92. The molecule has 0 radical (unpaired) electrons. The molecule has 3 nitrogen and oxygen atoms in total. The van der Waals surface area contributed by atoms with Gasteiger partial charge >= 0.3 is 6.09 Å². The second-order valence-corrected chi connectivity index (χ2v) is 2.64. The first kappa shape index (κ1) is 9.36. The van der Waals surface area contributed by atoms with Crippen LogP contribution in [0, 0.1) is 0 Å². The molecule has 0 aliphatic heterocycles. The number of nitrogens with one attached hydrogen (secondary N) is 1. The number of carbonyl (C=O) groups excluding carboxylic acids is 1. The summed E-state index contributed by atoms with van der Waals surface area (Å²) in [6.45, 7) is 1.87. The number of thioether (sulfide) groups is 1. The van der Waals surface area contributed by atoms with E-state index in [0.29, 0.717) is 0 Å². The smallest absolute Gasteiger partial charge is 0.411 e. The van der Waals surface area contributed by atoms with Crippen LogP contribution in [0.15, 0.2) is 11.2 Å². The third-order valence-electron chi connectivity index (χ3n) is 0.858. The number of hydrogen-bond donors (Lipinski definition) is 1. The van der Waals surface area contributed by atoms with Crippen molar-refractivity contribution in [2.75, 3.05) is 13.3 Å². The van der Waals surface area contributed by atoms with Crippen LogP contribution in [0.3, 0.4) is 0 Å². The van der Waals surface area contributed by atoms with Crippen molar-refractivity contribution in [3.8, 4) is 0 Å². The Hall–Kier alpha value is -0.640. The molecule has 10 heavy (non-hydrogen) atoms. The zero-order chi connectivity index (χ0) is 7.98. The van der Waals surface area contributed by atoms with Crippen molar-refractivity contribution in [2.24, 2.45) is 0 Å². The summed E-state index contributed by atoms with van der Waals surface area (Å²) < 4.78 is 4.61. The standard InChI is InChI=1S/C6H11NO2S/c1-5(10-3)4-9-6(8)7-2/h4H,1-3H3,(H,7,8)/b5-4+. The summed E-state index contributed by atoms with van der Waals surface area (Å²) in [5.74, 6) is 0.